The van der Waals surface area contributed by atoms with E-state index in [9.17, 15) is 50.1 Å². The van der Waals surface area contributed by atoms with E-state index in [4.69, 9.17) is 14.2 Å². The molecule has 1 aliphatic rings. The fourth-order valence-corrected chi connectivity index (χ4v) is 6.01. The fraction of sp³-hybridized carbons (Fsp3) is 0.583. The summed E-state index contributed by atoms with van der Waals surface area (Å²) in [7, 11) is 0. The van der Waals surface area contributed by atoms with Crippen molar-refractivity contribution in [3.8, 4) is 23.0 Å². The zero-order chi connectivity index (χ0) is 36.1. The minimum Gasteiger partial charge on any atom is -0.507 e. The van der Waals surface area contributed by atoms with Crippen molar-refractivity contribution in [2.75, 3.05) is 0 Å². The number of benzene rings is 2. The second-order valence-corrected chi connectivity index (χ2v) is 12.7. The highest BCUT2D eigenvalue weighted by molar-refractivity contribution is 5.96. The quantitative estimate of drug-likeness (QED) is 0.0538. The van der Waals surface area contributed by atoms with E-state index < -0.39 is 60.1 Å². The Bertz CT molecular complexity index is 1380. The summed E-state index contributed by atoms with van der Waals surface area (Å²) in [6.07, 6.45) is 5.70. The maximum atomic E-state index is 13.4. The number of ether oxygens (including phenoxy) is 3. The summed E-state index contributed by atoms with van der Waals surface area (Å²) in [5.74, 6) is -5.38. The minimum atomic E-state index is -1.92. The molecule has 0 aromatic heterocycles. The van der Waals surface area contributed by atoms with Gasteiger partial charge in [-0.15, -0.1) is 0 Å². The number of esters is 1. The Hall–Kier alpha value is -3.91. The summed E-state index contributed by atoms with van der Waals surface area (Å²) in [4.78, 5) is 36.3. The molecule has 2 aromatic carbocycles. The number of carbonyl (C=O) groups is 3. The summed E-state index contributed by atoms with van der Waals surface area (Å²) in [6, 6.07) is 4.68. The Balaban J connectivity index is 1.72. The van der Waals surface area contributed by atoms with Crippen molar-refractivity contribution >= 4 is 17.9 Å². The SMILES string of the molecule is CCCCCCCCCCCCCCCc1cc(O[C@H]2O[C@@H](C(=O)O)[C@@H](O)[C@@H](O)[C@@H]2O)cc(O)c1C(=O)Oc1cc(C)c(C(=O)O)c(O)c1. The molecule has 13 nitrogen and oxygen atoms in total. The molecule has 0 aliphatic carbocycles. The number of carboxylic acid groups (broad SMARTS) is 2. The number of aryl methyl sites for hydroxylation is 2. The zero-order valence-corrected chi connectivity index (χ0v) is 28.2. The van der Waals surface area contributed by atoms with Crippen molar-refractivity contribution < 1.29 is 64.3 Å². The molecule has 1 heterocycles. The van der Waals surface area contributed by atoms with E-state index in [1.165, 1.54) is 70.4 Å². The van der Waals surface area contributed by atoms with Crippen LogP contribution < -0.4 is 9.47 Å². The number of aliphatic carboxylic acids is 1. The first-order valence-electron chi connectivity index (χ1n) is 17.1. The van der Waals surface area contributed by atoms with Crippen LogP contribution in [0, 0.1) is 6.92 Å². The average molecular weight is 691 g/mol. The van der Waals surface area contributed by atoms with Gasteiger partial charge < -0.3 is 50.0 Å². The van der Waals surface area contributed by atoms with Gasteiger partial charge in [-0.2, -0.15) is 0 Å². The predicted octanol–water partition coefficient (Wildman–Crippen LogP) is 5.23. The van der Waals surface area contributed by atoms with Crippen molar-refractivity contribution in [1.82, 2.24) is 0 Å². The van der Waals surface area contributed by atoms with Crippen LogP contribution in [0.5, 0.6) is 23.0 Å². The van der Waals surface area contributed by atoms with Crippen LogP contribution >= 0.6 is 0 Å². The van der Waals surface area contributed by atoms with Gasteiger partial charge in [0.25, 0.3) is 0 Å². The van der Waals surface area contributed by atoms with Crippen LogP contribution in [0.25, 0.3) is 0 Å². The van der Waals surface area contributed by atoms with Gasteiger partial charge in [-0.05, 0) is 43.0 Å². The number of carboxylic acids is 2. The van der Waals surface area contributed by atoms with Crippen LogP contribution in [-0.2, 0) is 16.0 Å². The molecule has 0 spiro atoms. The van der Waals surface area contributed by atoms with E-state index in [1.54, 1.807) is 0 Å². The number of aliphatic hydroxyl groups is 3. The highest BCUT2D eigenvalue weighted by Crippen LogP contribution is 2.34. The van der Waals surface area contributed by atoms with Crippen LogP contribution in [-0.4, -0.2) is 84.4 Å². The molecular weight excluding hydrogens is 640 g/mol. The second kappa shape index (κ2) is 19.3. The highest BCUT2D eigenvalue weighted by atomic mass is 16.7. The number of carbonyl (C=O) groups excluding carboxylic acids is 1. The third-order valence-corrected chi connectivity index (χ3v) is 8.70. The molecule has 3 rings (SSSR count). The summed E-state index contributed by atoms with van der Waals surface area (Å²) in [5.41, 5.74) is -0.114. The standard InChI is InChI=1S/C36H50O13/c1-3-4-5-6-7-8-9-10-11-12-13-14-15-16-22-18-24(48-36-31(41)29(39)30(40)32(49-36)34(44)45)20-26(38)28(22)35(46)47-23-17-21(2)27(33(42)43)25(37)19-23/h17-20,29-32,36-41H,3-16H2,1-2H3,(H,42,43)(H,44,45)/t29-,30+,31+,32-,36+/m1/s1. The number of hydrogen-bond acceptors (Lipinski definition) is 11. The van der Waals surface area contributed by atoms with Gasteiger partial charge in [0, 0.05) is 12.1 Å². The topological polar surface area (TPSA) is 221 Å². The molecule has 1 saturated heterocycles. The van der Waals surface area contributed by atoms with Crippen molar-refractivity contribution in [2.24, 2.45) is 0 Å². The average Bonchev–Trinajstić information content (AvgIpc) is 3.02. The largest absolute Gasteiger partial charge is 0.507 e. The van der Waals surface area contributed by atoms with E-state index in [-0.39, 0.29) is 28.2 Å². The molecule has 5 atom stereocenters. The number of phenols is 2. The van der Waals surface area contributed by atoms with Gasteiger partial charge in [-0.25, -0.2) is 14.4 Å². The van der Waals surface area contributed by atoms with Gasteiger partial charge in [0.05, 0.1) is 0 Å². The Kier molecular flexibility index (Phi) is 15.6. The Morgan fingerprint density at radius 3 is 1.76 bits per heavy atom. The maximum absolute atomic E-state index is 13.4. The number of aromatic hydroxyl groups is 2. The van der Waals surface area contributed by atoms with Crippen molar-refractivity contribution in [3.63, 3.8) is 0 Å². The molecule has 7 N–H and O–H groups in total. The van der Waals surface area contributed by atoms with Crippen LogP contribution in [0.2, 0.25) is 0 Å². The molecule has 0 amide bonds. The zero-order valence-electron chi connectivity index (χ0n) is 28.2. The molecule has 1 fully saturated rings. The summed E-state index contributed by atoms with van der Waals surface area (Å²) in [5, 5.41) is 70.4. The smallest absolute Gasteiger partial charge is 0.347 e. The molecular formula is C36H50O13. The number of phenolic OH excluding ortho intramolecular Hbond substituents is 1. The van der Waals surface area contributed by atoms with Crippen LogP contribution in [0.1, 0.15) is 122 Å². The lowest BCUT2D eigenvalue weighted by Gasteiger charge is -2.38. The second-order valence-electron chi connectivity index (χ2n) is 12.7. The monoisotopic (exact) mass is 690 g/mol. The normalized spacial score (nSPS) is 20.6. The van der Waals surface area contributed by atoms with Crippen molar-refractivity contribution in [3.05, 3.63) is 46.5 Å². The number of aliphatic hydroxyl groups excluding tert-OH is 3. The first kappa shape index (κ1) is 39.5. The van der Waals surface area contributed by atoms with E-state index in [0.717, 1.165) is 37.8 Å². The molecule has 0 radical (unpaired) electrons. The lowest BCUT2D eigenvalue weighted by atomic mass is 9.98. The minimum absolute atomic E-state index is 0.116. The first-order chi connectivity index (χ1) is 23.3. The summed E-state index contributed by atoms with van der Waals surface area (Å²) in [6.45, 7) is 3.64. The third-order valence-electron chi connectivity index (χ3n) is 8.70. The van der Waals surface area contributed by atoms with Gasteiger partial charge in [-0.3, -0.25) is 0 Å². The molecule has 0 bridgehead atoms. The lowest BCUT2D eigenvalue weighted by Crippen LogP contribution is -2.61. The van der Waals surface area contributed by atoms with Crippen LogP contribution in [0.4, 0.5) is 0 Å². The number of hydrogen-bond donors (Lipinski definition) is 7. The van der Waals surface area contributed by atoms with Gasteiger partial charge in [0.15, 0.2) is 6.10 Å². The molecule has 49 heavy (non-hydrogen) atoms. The number of aromatic carboxylic acids is 1. The number of rotatable bonds is 20. The van der Waals surface area contributed by atoms with Crippen molar-refractivity contribution in [2.45, 2.75) is 134 Å². The Labute approximate surface area is 286 Å². The third kappa shape index (κ3) is 11.3. The van der Waals surface area contributed by atoms with Gasteiger partial charge in [0.2, 0.25) is 6.29 Å². The Morgan fingerprint density at radius 1 is 0.694 bits per heavy atom. The molecule has 0 saturated carbocycles. The molecule has 1 aliphatic heterocycles. The van der Waals surface area contributed by atoms with Crippen LogP contribution in [0.15, 0.2) is 24.3 Å². The summed E-state index contributed by atoms with van der Waals surface area (Å²) >= 11 is 0. The van der Waals surface area contributed by atoms with Crippen LogP contribution in [0.3, 0.4) is 0 Å². The fourth-order valence-electron chi connectivity index (χ4n) is 6.01. The van der Waals surface area contributed by atoms with Crippen molar-refractivity contribution in [1.29, 1.82) is 0 Å². The maximum Gasteiger partial charge on any atom is 0.347 e. The van der Waals surface area contributed by atoms with Gasteiger partial charge in [0.1, 0.15) is 52.4 Å². The highest BCUT2D eigenvalue weighted by Gasteiger charge is 2.48. The number of unbranched alkanes of at least 4 members (excludes halogenated alkanes) is 12. The molecule has 272 valence electrons. The summed E-state index contributed by atoms with van der Waals surface area (Å²) < 4.78 is 16.2. The van der Waals surface area contributed by atoms with E-state index >= 15 is 0 Å². The van der Waals surface area contributed by atoms with Gasteiger partial charge in [-0.1, -0.05) is 84.0 Å². The molecule has 13 heteroatoms. The van der Waals surface area contributed by atoms with E-state index in [0.29, 0.717) is 18.4 Å². The molecule has 2 aromatic rings. The van der Waals surface area contributed by atoms with E-state index in [1.807, 2.05) is 0 Å². The predicted molar refractivity (Wildman–Crippen MR) is 177 cm³/mol. The first-order valence-corrected chi connectivity index (χ1v) is 17.1. The molecule has 0 unspecified atom stereocenters. The Morgan fingerprint density at radius 2 is 1.22 bits per heavy atom. The van der Waals surface area contributed by atoms with E-state index in [2.05, 4.69) is 6.92 Å². The lowest BCUT2D eigenvalue weighted by molar-refractivity contribution is -0.271. The van der Waals surface area contributed by atoms with Gasteiger partial charge >= 0.3 is 17.9 Å².